The maximum absolute atomic E-state index is 4.51. The average molecular weight is 149 g/mol. The Kier molecular flexibility index (Phi) is 0.973. The summed E-state index contributed by atoms with van der Waals surface area (Å²) in [5, 5.41) is 7.79. The van der Waals surface area contributed by atoms with Crippen molar-refractivity contribution in [2.75, 3.05) is 0 Å². The SMILES string of the molecule is c1c2c(nn1C1CC1)CNC2. The first-order chi connectivity index (χ1) is 5.43. The zero-order valence-corrected chi connectivity index (χ0v) is 6.38. The van der Waals surface area contributed by atoms with Gasteiger partial charge >= 0.3 is 0 Å². The third kappa shape index (κ3) is 0.807. The highest BCUT2D eigenvalue weighted by atomic mass is 15.3. The molecule has 58 valence electrons. The molecule has 2 aliphatic rings. The zero-order chi connectivity index (χ0) is 7.26. The fourth-order valence-electron chi connectivity index (χ4n) is 1.60. The smallest absolute Gasteiger partial charge is 0.0807 e. The van der Waals surface area contributed by atoms with Crippen molar-refractivity contribution in [3.8, 4) is 0 Å². The molecule has 1 aliphatic heterocycles. The van der Waals surface area contributed by atoms with Gasteiger partial charge < -0.3 is 5.32 Å². The molecule has 1 aromatic heterocycles. The van der Waals surface area contributed by atoms with Gasteiger partial charge in [-0.25, -0.2) is 0 Å². The summed E-state index contributed by atoms with van der Waals surface area (Å²) in [5.74, 6) is 0. The van der Waals surface area contributed by atoms with Gasteiger partial charge in [0, 0.05) is 24.8 Å². The van der Waals surface area contributed by atoms with Gasteiger partial charge in [-0.2, -0.15) is 5.10 Å². The molecule has 2 heterocycles. The van der Waals surface area contributed by atoms with Gasteiger partial charge in [0.05, 0.1) is 11.7 Å². The molecule has 1 N–H and O–H groups in total. The lowest BCUT2D eigenvalue weighted by Crippen LogP contribution is -2.05. The van der Waals surface area contributed by atoms with Crippen molar-refractivity contribution in [2.45, 2.75) is 32.0 Å². The lowest BCUT2D eigenvalue weighted by molar-refractivity contribution is 0.612. The fraction of sp³-hybridized carbons (Fsp3) is 0.625. The summed E-state index contributed by atoms with van der Waals surface area (Å²) in [6.45, 7) is 1.98. The summed E-state index contributed by atoms with van der Waals surface area (Å²) in [5.41, 5.74) is 2.66. The van der Waals surface area contributed by atoms with Gasteiger partial charge in [-0.3, -0.25) is 4.68 Å². The largest absolute Gasteiger partial charge is 0.307 e. The Bertz CT molecular complexity index is 264. The summed E-state index contributed by atoms with van der Waals surface area (Å²) in [7, 11) is 0. The Morgan fingerprint density at radius 3 is 3.09 bits per heavy atom. The van der Waals surface area contributed by atoms with Gasteiger partial charge in [-0.05, 0) is 12.8 Å². The van der Waals surface area contributed by atoms with E-state index in [0.717, 1.165) is 19.1 Å². The molecule has 3 rings (SSSR count). The number of hydrogen-bond donors (Lipinski definition) is 1. The third-order valence-electron chi connectivity index (χ3n) is 2.42. The van der Waals surface area contributed by atoms with Crippen LogP contribution in [0.1, 0.15) is 30.1 Å². The maximum Gasteiger partial charge on any atom is 0.0807 e. The van der Waals surface area contributed by atoms with Crippen LogP contribution in [0, 0.1) is 0 Å². The molecule has 0 unspecified atom stereocenters. The molecule has 0 aromatic carbocycles. The van der Waals surface area contributed by atoms with Crippen LogP contribution in [-0.2, 0) is 13.1 Å². The van der Waals surface area contributed by atoms with Crippen LogP contribution in [0.2, 0.25) is 0 Å². The fourth-order valence-corrected chi connectivity index (χ4v) is 1.60. The van der Waals surface area contributed by atoms with E-state index >= 15 is 0 Å². The van der Waals surface area contributed by atoms with Crippen molar-refractivity contribution in [3.05, 3.63) is 17.5 Å². The van der Waals surface area contributed by atoms with Crippen LogP contribution in [0.4, 0.5) is 0 Å². The average Bonchev–Trinajstić information content (AvgIpc) is 2.60. The van der Waals surface area contributed by atoms with Gasteiger partial charge in [-0.1, -0.05) is 0 Å². The number of nitrogens with one attached hydrogen (secondary N) is 1. The van der Waals surface area contributed by atoms with Crippen molar-refractivity contribution >= 4 is 0 Å². The zero-order valence-electron chi connectivity index (χ0n) is 6.38. The number of aromatic nitrogens is 2. The third-order valence-corrected chi connectivity index (χ3v) is 2.42. The van der Waals surface area contributed by atoms with Gasteiger partial charge in [0.2, 0.25) is 0 Å². The van der Waals surface area contributed by atoms with E-state index in [-0.39, 0.29) is 0 Å². The van der Waals surface area contributed by atoms with Crippen LogP contribution in [0.15, 0.2) is 6.20 Å². The second-order valence-electron chi connectivity index (χ2n) is 3.42. The molecule has 0 bridgehead atoms. The summed E-state index contributed by atoms with van der Waals surface area (Å²) in [6.07, 6.45) is 4.86. The standard InChI is InChI=1S/C8H11N3/c1-2-7(1)11-5-6-3-9-4-8(6)10-11/h5,7,9H,1-4H2. The van der Waals surface area contributed by atoms with Crippen LogP contribution in [0.3, 0.4) is 0 Å². The monoisotopic (exact) mass is 149 g/mol. The van der Waals surface area contributed by atoms with Gasteiger partial charge in [-0.15, -0.1) is 0 Å². The first kappa shape index (κ1) is 5.77. The normalized spacial score (nSPS) is 22.2. The molecule has 3 nitrogen and oxygen atoms in total. The summed E-state index contributed by atoms with van der Waals surface area (Å²) in [4.78, 5) is 0. The predicted molar refractivity (Wildman–Crippen MR) is 41.0 cm³/mol. The van der Waals surface area contributed by atoms with Gasteiger partial charge in [0.15, 0.2) is 0 Å². The molecule has 1 aromatic rings. The van der Waals surface area contributed by atoms with E-state index in [4.69, 9.17) is 0 Å². The van der Waals surface area contributed by atoms with Crippen LogP contribution in [0.5, 0.6) is 0 Å². The van der Waals surface area contributed by atoms with Crippen LogP contribution < -0.4 is 5.32 Å². The summed E-state index contributed by atoms with van der Waals surface area (Å²) >= 11 is 0. The number of rotatable bonds is 1. The minimum absolute atomic E-state index is 0.737. The van der Waals surface area contributed by atoms with Crippen LogP contribution in [-0.4, -0.2) is 9.78 Å². The van der Waals surface area contributed by atoms with Crippen molar-refractivity contribution in [2.24, 2.45) is 0 Å². The predicted octanol–water partition coefficient (Wildman–Crippen LogP) is 0.821. The topological polar surface area (TPSA) is 29.9 Å². The second kappa shape index (κ2) is 1.85. The Morgan fingerprint density at radius 2 is 2.36 bits per heavy atom. The van der Waals surface area contributed by atoms with E-state index in [2.05, 4.69) is 21.3 Å². The molecule has 1 fully saturated rings. The number of fused-ring (bicyclic) bond motifs is 1. The second-order valence-corrected chi connectivity index (χ2v) is 3.42. The molecule has 1 saturated carbocycles. The summed E-state index contributed by atoms with van der Waals surface area (Å²) in [6, 6.07) is 0.737. The molecule has 3 heteroatoms. The first-order valence-corrected chi connectivity index (χ1v) is 4.21. The lowest BCUT2D eigenvalue weighted by Gasteiger charge is -1.95. The van der Waals surface area contributed by atoms with Crippen molar-refractivity contribution in [1.29, 1.82) is 0 Å². The maximum atomic E-state index is 4.51. The van der Waals surface area contributed by atoms with Crippen molar-refractivity contribution in [3.63, 3.8) is 0 Å². The molecule has 1 aliphatic carbocycles. The molecule has 11 heavy (non-hydrogen) atoms. The van der Waals surface area contributed by atoms with E-state index in [1.807, 2.05) is 0 Å². The van der Waals surface area contributed by atoms with Crippen molar-refractivity contribution < 1.29 is 0 Å². The number of hydrogen-bond acceptors (Lipinski definition) is 2. The molecule has 0 radical (unpaired) electrons. The van der Waals surface area contributed by atoms with Gasteiger partial charge in [0.25, 0.3) is 0 Å². The Labute approximate surface area is 65.4 Å². The minimum Gasteiger partial charge on any atom is -0.307 e. The van der Waals surface area contributed by atoms with Crippen LogP contribution >= 0.6 is 0 Å². The summed E-state index contributed by atoms with van der Waals surface area (Å²) < 4.78 is 2.14. The number of nitrogens with zero attached hydrogens (tertiary/aromatic N) is 2. The Morgan fingerprint density at radius 1 is 1.45 bits per heavy atom. The molecule has 0 amide bonds. The van der Waals surface area contributed by atoms with E-state index < -0.39 is 0 Å². The van der Waals surface area contributed by atoms with Gasteiger partial charge in [0.1, 0.15) is 0 Å². The molecule has 0 spiro atoms. The molecule has 0 saturated heterocycles. The van der Waals surface area contributed by atoms with E-state index in [1.54, 1.807) is 0 Å². The molecule has 0 atom stereocenters. The Balaban J connectivity index is 2.02. The van der Waals surface area contributed by atoms with E-state index in [9.17, 15) is 0 Å². The first-order valence-electron chi connectivity index (χ1n) is 4.21. The highest BCUT2D eigenvalue weighted by molar-refractivity contribution is 5.21. The quantitative estimate of drug-likeness (QED) is 0.640. The highest BCUT2D eigenvalue weighted by Gasteiger charge is 2.26. The Hall–Kier alpha value is -0.830. The van der Waals surface area contributed by atoms with E-state index in [1.165, 1.54) is 24.1 Å². The molecular weight excluding hydrogens is 138 g/mol. The minimum atomic E-state index is 0.737. The molecular formula is C8H11N3. The van der Waals surface area contributed by atoms with Crippen LogP contribution in [0.25, 0.3) is 0 Å². The highest BCUT2D eigenvalue weighted by Crippen LogP contribution is 2.34. The lowest BCUT2D eigenvalue weighted by atomic mass is 10.3. The van der Waals surface area contributed by atoms with E-state index in [0.29, 0.717) is 0 Å². The van der Waals surface area contributed by atoms with Crippen molar-refractivity contribution in [1.82, 2.24) is 15.1 Å².